The van der Waals surface area contributed by atoms with Crippen LogP contribution in [0, 0.1) is 0 Å². The molecule has 0 unspecified atom stereocenters. The molecule has 5 heteroatoms. The first-order valence-electron chi connectivity index (χ1n) is 7.64. The second-order valence-corrected chi connectivity index (χ2v) is 6.74. The summed E-state index contributed by atoms with van der Waals surface area (Å²) in [6, 6.07) is 22.7. The monoisotopic (exact) mass is 369 g/mol. The number of carbonyl (C=O) groups excluding carboxylic acids is 1. The molecule has 0 heterocycles. The van der Waals surface area contributed by atoms with Gasteiger partial charge < -0.3 is 10.1 Å². The van der Waals surface area contributed by atoms with Crippen molar-refractivity contribution in [2.45, 2.75) is 9.79 Å². The summed E-state index contributed by atoms with van der Waals surface area (Å²) in [4.78, 5) is 14.6. The molecule has 0 saturated heterocycles. The van der Waals surface area contributed by atoms with Gasteiger partial charge >= 0.3 is 0 Å². The fraction of sp³-hybridized carbons (Fsp3) is 0.0500. The van der Waals surface area contributed by atoms with E-state index in [0.29, 0.717) is 16.3 Å². The van der Waals surface area contributed by atoms with E-state index in [1.54, 1.807) is 30.0 Å². The van der Waals surface area contributed by atoms with Crippen molar-refractivity contribution >= 4 is 35.0 Å². The Balaban J connectivity index is 1.81. The molecule has 3 aromatic carbocycles. The van der Waals surface area contributed by atoms with Crippen LogP contribution in [0.2, 0.25) is 5.02 Å². The predicted molar refractivity (Wildman–Crippen MR) is 103 cm³/mol. The van der Waals surface area contributed by atoms with Gasteiger partial charge in [-0.3, -0.25) is 4.79 Å². The summed E-state index contributed by atoms with van der Waals surface area (Å²) < 4.78 is 5.12. The van der Waals surface area contributed by atoms with Crippen LogP contribution < -0.4 is 10.1 Å². The summed E-state index contributed by atoms with van der Waals surface area (Å²) in [5.74, 6) is 0.323. The van der Waals surface area contributed by atoms with E-state index in [1.165, 1.54) is 7.11 Å². The standard InChI is InChI=1S/C20H16ClNO2S/c1-24-18-12-11-14(13-16(18)21)20(23)22-17-9-5-6-10-19(17)25-15-7-3-2-4-8-15/h2-13H,1H3,(H,22,23). The summed E-state index contributed by atoms with van der Waals surface area (Å²) in [5.41, 5.74) is 1.23. The zero-order valence-electron chi connectivity index (χ0n) is 13.5. The number of anilines is 1. The molecule has 0 aliphatic heterocycles. The van der Waals surface area contributed by atoms with Gasteiger partial charge in [0, 0.05) is 15.4 Å². The second-order valence-electron chi connectivity index (χ2n) is 5.21. The minimum atomic E-state index is -0.217. The van der Waals surface area contributed by atoms with Gasteiger partial charge in [0.2, 0.25) is 0 Å². The van der Waals surface area contributed by atoms with Crippen molar-refractivity contribution in [1.82, 2.24) is 0 Å². The molecule has 3 rings (SSSR count). The number of hydrogen-bond acceptors (Lipinski definition) is 3. The van der Waals surface area contributed by atoms with E-state index in [0.717, 1.165) is 15.5 Å². The highest BCUT2D eigenvalue weighted by atomic mass is 35.5. The van der Waals surface area contributed by atoms with Crippen molar-refractivity contribution in [3.8, 4) is 5.75 Å². The minimum absolute atomic E-state index is 0.217. The number of carbonyl (C=O) groups is 1. The van der Waals surface area contributed by atoms with Gasteiger partial charge in [0.15, 0.2) is 0 Å². The average molecular weight is 370 g/mol. The van der Waals surface area contributed by atoms with E-state index in [2.05, 4.69) is 5.32 Å². The topological polar surface area (TPSA) is 38.3 Å². The van der Waals surface area contributed by atoms with Crippen LogP contribution in [0.1, 0.15) is 10.4 Å². The number of halogens is 1. The van der Waals surface area contributed by atoms with E-state index in [-0.39, 0.29) is 5.91 Å². The largest absolute Gasteiger partial charge is 0.495 e. The third-order valence-electron chi connectivity index (χ3n) is 3.52. The Morgan fingerprint density at radius 1 is 1.00 bits per heavy atom. The highest BCUT2D eigenvalue weighted by molar-refractivity contribution is 7.99. The fourth-order valence-electron chi connectivity index (χ4n) is 2.28. The van der Waals surface area contributed by atoms with Crippen LogP contribution in [0.25, 0.3) is 0 Å². The summed E-state index contributed by atoms with van der Waals surface area (Å²) in [7, 11) is 1.54. The van der Waals surface area contributed by atoms with Gasteiger partial charge in [0.05, 0.1) is 17.8 Å². The number of benzene rings is 3. The Kier molecular flexibility index (Phi) is 5.64. The van der Waals surface area contributed by atoms with Crippen LogP contribution in [-0.2, 0) is 0 Å². The second kappa shape index (κ2) is 8.10. The maximum absolute atomic E-state index is 12.6. The molecule has 1 amide bonds. The normalized spacial score (nSPS) is 10.3. The van der Waals surface area contributed by atoms with Crippen molar-refractivity contribution in [3.63, 3.8) is 0 Å². The van der Waals surface area contributed by atoms with E-state index < -0.39 is 0 Å². The van der Waals surface area contributed by atoms with Gasteiger partial charge in [-0.05, 0) is 42.5 Å². The van der Waals surface area contributed by atoms with E-state index >= 15 is 0 Å². The highest BCUT2D eigenvalue weighted by Crippen LogP contribution is 2.33. The van der Waals surface area contributed by atoms with Crippen molar-refractivity contribution in [1.29, 1.82) is 0 Å². The summed E-state index contributed by atoms with van der Waals surface area (Å²) in [6.45, 7) is 0. The maximum atomic E-state index is 12.6. The van der Waals surface area contributed by atoms with E-state index in [9.17, 15) is 4.79 Å². The number of amides is 1. The number of hydrogen-bond donors (Lipinski definition) is 1. The minimum Gasteiger partial charge on any atom is -0.495 e. The third-order valence-corrected chi connectivity index (χ3v) is 4.90. The van der Waals surface area contributed by atoms with Gasteiger partial charge in [0.1, 0.15) is 5.75 Å². The van der Waals surface area contributed by atoms with Crippen LogP contribution in [0.15, 0.2) is 82.6 Å². The first-order valence-corrected chi connectivity index (χ1v) is 8.83. The number of ether oxygens (including phenoxy) is 1. The van der Waals surface area contributed by atoms with Crippen molar-refractivity contribution < 1.29 is 9.53 Å². The molecule has 0 aromatic heterocycles. The van der Waals surface area contributed by atoms with Crippen LogP contribution >= 0.6 is 23.4 Å². The molecular weight excluding hydrogens is 354 g/mol. The summed E-state index contributed by atoms with van der Waals surface area (Å²) in [5, 5.41) is 3.36. The maximum Gasteiger partial charge on any atom is 0.255 e. The van der Waals surface area contributed by atoms with E-state index in [1.807, 2.05) is 54.6 Å². The fourth-order valence-corrected chi connectivity index (χ4v) is 3.46. The zero-order valence-corrected chi connectivity index (χ0v) is 15.1. The van der Waals surface area contributed by atoms with Crippen LogP contribution in [-0.4, -0.2) is 13.0 Å². The summed E-state index contributed by atoms with van der Waals surface area (Å²) >= 11 is 7.71. The van der Waals surface area contributed by atoms with Crippen molar-refractivity contribution in [2.24, 2.45) is 0 Å². The molecule has 3 nitrogen and oxygen atoms in total. The molecule has 25 heavy (non-hydrogen) atoms. The van der Waals surface area contributed by atoms with Gasteiger partial charge in [-0.2, -0.15) is 0 Å². The van der Waals surface area contributed by atoms with Gasteiger partial charge in [-0.1, -0.05) is 53.7 Å². The highest BCUT2D eigenvalue weighted by Gasteiger charge is 2.12. The molecule has 0 fully saturated rings. The molecule has 0 bridgehead atoms. The zero-order chi connectivity index (χ0) is 17.6. The third kappa shape index (κ3) is 4.35. The number of methoxy groups -OCH3 is 1. The molecular formula is C20H16ClNO2S. The van der Waals surface area contributed by atoms with Gasteiger partial charge in [-0.25, -0.2) is 0 Å². The van der Waals surface area contributed by atoms with Crippen molar-refractivity contribution in [3.05, 3.63) is 83.4 Å². The van der Waals surface area contributed by atoms with Crippen LogP contribution in [0.4, 0.5) is 5.69 Å². The quantitative estimate of drug-likeness (QED) is 0.622. The first kappa shape index (κ1) is 17.4. The lowest BCUT2D eigenvalue weighted by molar-refractivity contribution is 0.102. The van der Waals surface area contributed by atoms with Crippen LogP contribution in [0.5, 0.6) is 5.75 Å². The Morgan fingerprint density at radius 2 is 1.72 bits per heavy atom. The Labute approximate surface area is 156 Å². The lowest BCUT2D eigenvalue weighted by Gasteiger charge is -2.11. The predicted octanol–water partition coefficient (Wildman–Crippen LogP) is 5.75. The smallest absolute Gasteiger partial charge is 0.255 e. The molecule has 0 radical (unpaired) electrons. The van der Waals surface area contributed by atoms with Gasteiger partial charge in [0.25, 0.3) is 5.91 Å². The van der Waals surface area contributed by atoms with Crippen LogP contribution in [0.3, 0.4) is 0 Å². The Hall–Kier alpha value is -2.43. The number of rotatable bonds is 5. The Bertz CT molecular complexity index is 884. The SMILES string of the molecule is COc1ccc(C(=O)Nc2ccccc2Sc2ccccc2)cc1Cl. The molecule has 0 atom stereocenters. The summed E-state index contributed by atoms with van der Waals surface area (Å²) in [6.07, 6.45) is 0. The molecule has 126 valence electrons. The molecule has 0 spiro atoms. The van der Waals surface area contributed by atoms with E-state index in [4.69, 9.17) is 16.3 Å². The number of nitrogens with one attached hydrogen (secondary N) is 1. The molecule has 0 aliphatic rings. The molecule has 1 N–H and O–H groups in total. The number of para-hydroxylation sites is 1. The average Bonchev–Trinajstić information content (AvgIpc) is 2.64. The Morgan fingerprint density at radius 3 is 2.44 bits per heavy atom. The van der Waals surface area contributed by atoms with Gasteiger partial charge in [-0.15, -0.1) is 0 Å². The lowest BCUT2D eigenvalue weighted by atomic mass is 10.2. The molecule has 0 saturated carbocycles. The molecule has 3 aromatic rings. The lowest BCUT2D eigenvalue weighted by Crippen LogP contribution is -2.12. The first-order chi connectivity index (χ1) is 12.2. The molecule has 0 aliphatic carbocycles. The van der Waals surface area contributed by atoms with Crippen molar-refractivity contribution in [2.75, 3.05) is 12.4 Å².